The zero-order chi connectivity index (χ0) is 11.4. The van der Waals surface area contributed by atoms with E-state index < -0.39 is 10.2 Å². The fourth-order valence-electron chi connectivity index (χ4n) is 1.99. The van der Waals surface area contributed by atoms with Crippen LogP contribution in [0.25, 0.3) is 5.57 Å². The normalized spacial score (nSPS) is 27.5. The molecule has 1 unspecified atom stereocenters. The molecule has 1 aliphatic heterocycles. The fourth-order valence-corrected chi connectivity index (χ4v) is 4.51. The van der Waals surface area contributed by atoms with Gasteiger partial charge in [-0.25, -0.2) is 0 Å². The van der Waals surface area contributed by atoms with Crippen LogP contribution >= 0.6 is 10.2 Å². The summed E-state index contributed by atoms with van der Waals surface area (Å²) in [6.45, 7) is 2.24. The van der Waals surface area contributed by atoms with Crippen LogP contribution < -0.4 is 4.72 Å². The molecule has 1 aliphatic rings. The molecule has 0 aliphatic carbocycles. The van der Waals surface area contributed by atoms with E-state index in [4.69, 9.17) is 0 Å². The first-order chi connectivity index (χ1) is 7.79. The molecule has 0 bridgehead atoms. The Balaban J connectivity index is 2.27. The van der Waals surface area contributed by atoms with E-state index >= 15 is 0 Å². The molecule has 1 aromatic rings. The summed E-state index contributed by atoms with van der Waals surface area (Å²) < 4.78 is 3.50. The zero-order valence-electron chi connectivity index (χ0n) is 9.94. The maximum absolute atomic E-state index is 3.50. The van der Waals surface area contributed by atoms with Crippen molar-refractivity contribution in [1.82, 2.24) is 4.72 Å². The van der Waals surface area contributed by atoms with Crippen molar-refractivity contribution in [3.05, 3.63) is 52.8 Å². The van der Waals surface area contributed by atoms with E-state index in [0.717, 1.165) is 0 Å². The van der Waals surface area contributed by atoms with Gasteiger partial charge in [0, 0.05) is 0 Å². The molecule has 0 radical (unpaired) electrons. The largest absolute Gasteiger partial charge is 0.277 e. The lowest BCUT2D eigenvalue weighted by atomic mass is 10.1. The van der Waals surface area contributed by atoms with Gasteiger partial charge in [-0.05, 0) is 47.3 Å². The number of allylic oxidation sites excluding steroid dienone is 2. The van der Waals surface area contributed by atoms with Gasteiger partial charge < -0.3 is 0 Å². The molecule has 0 amide bonds. The van der Waals surface area contributed by atoms with Crippen LogP contribution in [0.15, 0.2) is 47.2 Å². The quantitative estimate of drug-likeness (QED) is 0.831. The number of nitrogens with one attached hydrogen (secondary N) is 1. The third kappa shape index (κ3) is 2.23. The Kier molecular flexibility index (Phi) is 3.52. The van der Waals surface area contributed by atoms with Crippen LogP contribution in [-0.2, 0) is 0 Å². The molecule has 1 heterocycles. The van der Waals surface area contributed by atoms with Gasteiger partial charge in [0.15, 0.2) is 0 Å². The van der Waals surface area contributed by atoms with Gasteiger partial charge in [0.2, 0.25) is 0 Å². The first-order valence-corrected chi connectivity index (χ1v) is 7.67. The molecular formula is C14H19NS. The zero-order valence-corrected chi connectivity index (χ0v) is 10.8. The molecule has 1 aromatic carbocycles. The summed E-state index contributed by atoms with van der Waals surface area (Å²) in [5.74, 6) is 1.23. The third-order valence-electron chi connectivity index (χ3n) is 2.86. The summed E-state index contributed by atoms with van der Waals surface area (Å²) in [5.41, 5.74) is 2.68. The van der Waals surface area contributed by atoms with Gasteiger partial charge in [-0.15, -0.1) is 10.2 Å². The van der Waals surface area contributed by atoms with Crippen molar-refractivity contribution < 1.29 is 0 Å². The van der Waals surface area contributed by atoms with E-state index in [9.17, 15) is 0 Å². The lowest BCUT2D eigenvalue weighted by Crippen LogP contribution is -2.13. The van der Waals surface area contributed by atoms with Crippen LogP contribution in [0.1, 0.15) is 18.9 Å². The first kappa shape index (κ1) is 11.5. The molecule has 2 heteroatoms. The molecular weight excluding hydrogens is 214 g/mol. The summed E-state index contributed by atoms with van der Waals surface area (Å²) in [6.07, 6.45) is 3.48. The molecule has 0 fully saturated rings. The highest BCUT2D eigenvalue weighted by atomic mass is 32.3. The Labute approximate surface area is 99.7 Å². The van der Waals surface area contributed by atoms with Crippen LogP contribution in [0.2, 0.25) is 0 Å². The third-order valence-corrected chi connectivity index (χ3v) is 6.00. The standard InChI is InChI=1S/C14H19NS/c1-3-10-16(15-2)11-9-14(12-16)13-7-5-4-6-8-13/h4-9,11-12,15H,3,10H2,1-2H3. The topological polar surface area (TPSA) is 12.0 Å². The van der Waals surface area contributed by atoms with Crippen LogP contribution in [0.5, 0.6) is 0 Å². The van der Waals surface area contributed by atoms with Crippen molar-refractivity contribution in [2.45, 2.75) is 13.3 Å². The minimum absolute atomic E-state index is 0.839. The maximum atomic E-state index is 3.50. The van der Waals surface area contributed by atoms with Crippen molar-refractivity contribution in [3.8, 4) is 0 Å². The van der Waals surface area contributed by atoms with Gasteiger partial charge in [-0.1, -0.05) is 37.3 Å². The Morgan fingerprint density at radius 1 is 1.19 bits per heavy atom. The predicted octanol–water partition coefficient (Wildman–Crippen LogP) is 3.90. The molecule has 1 N–H and O–H groups in total. The van der Waals surface area contributed by atoms with E-state index in [1.165, 1.54) is 23.3 Å². The highest BCUT2D eigenvalue weighted by Gasteiger charge is 2.20. The Morgan fingerprint density at radius 3 is 2.56 bits per heavy atom. The number of benzene rings is 1. The van der Waals surface area contributed by atoms with Gasteiger partial charge in [0.1, 0.15) is 0 Å². The minimum atomic E-state index is -0.839. The van der Waals surface area contributed by atoms with Crippen molar-refractivity contribution in [3.63, 3.8) is 0 Å². The molecule has 86 valence electrons. The second-order valence-electron chi connectivity index (χ2n) is 4.00. The minimum Gasteiger partial charge on any atom is -0.277 e. The second kappa shape index (κ2) is 4.89. The van der Waals surface area contributed by atoms with Crippen LogP contribution in [0.3, 0.4) is 0 Å². The Bertz CT molecular complexity index is 408. The summed E-state index contributed by atoms with van der Waals surface area (Å²) in [7, 11) is 1.23. The smallest absolute Gasteiger partial charge is 0.00407 e. The molecule has 0 aromatic heterocycles. The fraction of sp³-hybridized carbons (Fsp3) is 0.286. The lowest BCUT2D eigenvalue weighted by Gasteiger charge is -2.30. The van der Waals surface area contributed by atoms with E-state index in [1.54, 1.807) is 0 Å². The van der Waals surface area contributed by atoms with E-state index in [0.29, 0.717) is 0 Å². The average molecular weight is 233 g/mol. The first-order valence-electron chi connectivity index (χ1n) is 5.74. The van der Waals surface area contributed by atoms with Crippen LogP contribution in [-0.4, -0.2) is 12.8 Å². The monoisotopic (exact) mass is 233 g/mol. The molecule has 1 nitrogen and oxygen atoms in total. The van der Waals surface area contributed by atoms with Crippen molar-refractivity contribution >= 4 is 15.8 Å². The van der Waals surface area contributed by atoms with Gasteiger partial charge in [-0.2, -0.15) is 0 Å². The highest BCUT2D eigenvalue weighted by molar-refractivity contribution is 8.37. The van der Waals surface area contributed by atoms with E-state index in [-0.39, 0.29) is 0 Å². The van der Waals surface area contributed by atoms with Crippen molar-refractivity contribution in [2.24, 2.45) is 0 Å². The number of rotatable bonds is 4. The van der Waals surface area contributed by atoms with Crippen molar-refractivity contribution in [1.29, 1.82) is 0 Å². The SMILES string of the molecule is CCCS1(NC)C=CC(c2ccccc2)=C1. The number of hydrogen-bond donors (Lipinski definition) is 1. The van der Waals surface area contributed by atoms with Gasteiger partial charge >= 0.3 is 0 Å². The summed E-state index contributed by atoms with van der Waals surface area (Å²) in [5, 5.41) is 4.78. The Hall–Kier alpha value is -0.990. The summed E-state index contributed by atoms with van der Waals surface area (Å²) >= 11 is 0. The molecule has 1 atom stereocenters. The van der Waals surface area contributed by atoms with Gasteiger partial charge in [0.25, 0.3) is 0 Å². The van der Waals surface area contributed by atoms with Gasteiger partial charge in [0.05, 0.1) is 0 Å². The molecule has 0 saturated heterocycles. The van der Waals surface area contributed by atoms with Crippen LogP contribution in [0.4, 0.5) is 0 Å². The molecule has 16 heavy (non-hydrogen) atoms. The summed E-state index contributed by atoms with van der Waals surface area (Å²) in [6, 6.07) is 10.6. The Morgan fingerprint density at radius 2 is 1.94 bits per heavy atom. The lowest BCUT2D eigenvalue weighted by molar-refractivity contribution is 1.08. The summed E-state index contributed by atoms with van der Waals surface area (Å²) in [4.78, 5) is 0. The molecule has 0 saturated carbocycles. The predicted molar refractivity (Wildman–Crippen MR) is 75.4 cm³/mol. The van der Waals surface area contributed by atoms with Gasteiger partial charge in [-0.3, -0.25) is 4.72 Å². The maximum Gasteiger partial charge on any atom is -0.00407 e. The molecule has 2 rings (SSSR count). The molecule has 0 spiro atoms. The van der Waals surface area contributed by atoms with Crippen LogP contribution in [0, 0.1) is 0 Å². The van der Waals surface area contributed by atoms with E-state index in [1.807, 2.05) is 0 Å². The second-order valence-corrected chi connectivity index (χ2v) is 7.02. The average Bonchev–Trinajstić information content (AvgIpc) is 2.76. The van der Waals surface area contributed by atoms with E-state index in [2.05, 4.69) is 65.9 Å². The number of hydrogen-bond acceptors (Lipinski definition) is 1. The van der Waals surface area contributed by atoms with Crippen molar-refractivity contribution in [2.75, 3.05) is 12.8 Å². The highest BCUT2D eigenvalue weighted by Crippen LogP contribution is 2.53.